The number of nitrogens with one attached hydrogen (secondary N) is 3. The molecular formula is C12H15N5O3. The van der Waals surface area contributed by atoms with Gasteiger partial charge in [-0.2, -0.15) is 5.10 Å². The Morgan fingerprint density at radius 1 is 1.50 bits per heavy atom. The molecule has 3 N–H and O–H groups in total. The quantitative estimate of drug-likeness (QED) is 0.416. The minimum atomic E-state index is -0.493. The third-order valence-corrected chi connectivity index (χ3v) is 2.92. The Labute approximate surface area is 115 Å². The number of hydrogen-bond acceptors (Lipinski definition) is 6. The zero-order valence-electron chi connectivity index (χ0n) is 10.9. The number of hydrogen-bond donors (Lipinski definition) is 3. The van der Waals surface area contributed by atoms with Crippen LogP contribution in [0.15, 0.2) is 29.4 Å². The Morgan fingerprint density at radius 3 is 2.90 bits per heavy atom. The van der Waals surface area contributed by atoms with Gasteiger partial charge in [0, 0.05) is 12.1 Å². The second kappa shape index (κ2) is 6.22. The molecule has 0 aromatic heterocycles. The topological polar surface area (TPSA) is 109 Å². The predicted molar refractivity (Wildman–Crippen MR) is 73.0 cm³/mol. The maximum atomic E-state index is 11.7. The molecule has 0 saturated carbocycles. The van der Waals surface area contributed by atoms with E-state index in [9.17, 15) is 14.9 Å². The molecule has 1 aliphatic rings. The van der Waals surface area contributed by atoms with Crippen molar-refractivity contribution < 1.29 is 9.72 Å². The van der Waals surface area contributed by atoms with Gasteiger partial charge in [0.25, 0.3) is 11.6 Å². The van der Waals surface area contributed by atoms with Crippen molar-refractivity contribution >= 4 is 17.8 Å². The van der Waals surface area contributed by atoms with Crippen LogP contribution in [0.1, 0.15) is 18.9 Å². The molecule has 1 aromatic carbocycles. The Morgan fingerprint density at radius 2 is 2.25 bits per heavy atom. The first-order valence-corrected chi connectivity index (χ1v) is 6.15. The standard InChI is InChI=1S/C12H15N5O3/c1-8-6-10(15-14-8)12(18)16-13-7-9-4-2-3-5-11(9)17(19)20/h2-5,7-8,10,14-15H,6H2,1H3,(H,16,18)/b13-7+. The van der Waals surface area contributed by atoms with E-state index in [2.05, 4.69) is 21.4 Å². The molecule has 106 valence electrons. The molecule has 2 unspecified atom stereocenters. The van der Waals surface area contributed by atoms with Crippen LogP contribution in [0.4, 0.5) is 5.69 Å². The fraction of sp³-hybridized carbons (Fsp3) is 0.333. The summed E-state index contributed by atoms with van der Waals surface area (Å²) in [5.41, 5.74) is 8.42. The molecule has 0 bridgehead atoms. The summed E-state index contributed by atoms with van der Waals surface area (Å²) in [6, 6.07) is 6.04. The van der Waals surface area contributed by atoms with Crippen molar-refractivity contribution in [3.63, 3.8) is 0 Å². The van der Waals surface area contributed by atoms with E-state index < -0.39 is 4.92 Å². The largest absolute Gasteiger partial charge is 0.278 e. The summed E-state index contributed by atoms with van der Waals surface area (Å²) < 4.78 is 0. The molecular weight excluding hydrogens is 262 g/mol. The molecule has 0 aliphatic carbocycles. The third-order valence-electron chi connectivity index (χ3n) is 2.92. The van der Waals surface area contributed by atoms with E-state index in [1.54, 1.807) is 18.2 Å². The van der Waals surface area contributed by atoms with E-state index in [1.807, 2.05) is 6.92 Å². The maximum Gasteiger partial charge on any atom is 0.278 e. The van der Waals surface area contributed by atoms with Crippen LogP contribution in [0.5, 0.6) is 0 Å². The molecule has 1 aromatic rings. The fourth-order valence-corrected chi connectivity index (χ4v) is 1.89. The first kappa shape index (κ1) is 14.1. The van der Waals surface area contributed by atoms with Gasteiger partial charge in [-0.15, -0.1) is 0 Å². The molecule has 2 atom stereocenters. The molecule has 0 radical (unpaired) electrons. The number of hydrazone groups is 1. The molecule has 1 aliphatic heterocycles. The number of carbonyl (C=O) groups is 1. The highest BCUT2D eigenvalue weighted by molar-refractivity contribution is 5.87. The average Bonchev–Trinajstić information content (AvgIpc) is 2.86. The van der Waals surface area contributed by atoms with Crippen molar-refractivity contribution in [2.45, 2.75) is 25.4 Å². The SMILES string of the molecule is CC1CC(C(=O)N/N=C/c2ccccc2[N+](=O)[O-])NN1. The van der Waals surface area contributed by atoms with Crippen molar-refractivity contribution in [2.24, 2.45) is 5.10 Å². The summed E-state index contributed by atoms with van der Waals surface area (Å²) in [5.74, 6) is -0.281. The van der Waals surface area contributed by atoms with Gasteiger partial charge in [-0.25, -0.2) is 10.9 Å². The van der Waals surface area contributed by atoms with Gasteiger partial charge in [0.15, 0.2) is 0 Å². The van der Waals surface area contributed by atoms with Crippen molar-refractivity contribution in [2.75, 3.05) is 0 Å². The van der Waals surface area contributed by atoms with Gasteiger partial charge < -0.3 is 0 Å². The Balaban J connectivity index is 1.97. The molecule has 20 heavy (non-hydrogen) atoms. The van der Waals surface area contributed by atoms with Crippen LogP contribution in [-0.4, -0.2) is 29.1 Å². The summed E-state index contributed by atoms with van der Waals surface area (Å²) in [6.45, 7) is 1.96. The highest BCUT2D eigenvalue weighted by Gasteiger charge is 2.26. The lowest BCUT2D eigenvalue weighted by Crippen LogP contribution is -2.41. The summed E-state index contributed by atoms with van der Waals surface area (Å²) in [6.07, 6.45) is 1.93. The zero-order chi connectivity index (χ0) is 14.5. The fourth-order valence-electron chi connectivity index (χ4n) is 1.89. The summed E-state index contributed by atoms with van der Waals surface area (Å²) in [7, 11) is 0. The lowest BCUT2D eigenvalue weighted by Gasteiger charge is -2.06. The van der Waals surface area contributed by atoms with Crippen molar-refractivity contribution in [3.05, 3.63) is 39.9 Å². The normalized spacial score (nSPS) is 22.1. The molecule has 0 spiro atoms. The number of nitrogens with zero attached hydrogens (tertiary/aromatic N) is 2. The van der Waals surface area contributed by atoms with E-state index in [0.29, 0.717) is 12.0 Å². The molecule has 1 saturated heterocycles. The Kier molecular flexibility index (Phi) is 4.38. The Hall–Kier alpha value is -2.32. The van der Waals surface area contributed by atoms with Gasteiger partial charge in [0.05, 0.1) is 16.7 Å². The number of amides is 1. The predicted octanol–water partition coefficient (Wildman–Crippen LogP) is 0.300. The minimum Gasteiger partial charge on any atom is -0.271 e. The first-order chi connectivity index (χ1) is 9.58. The molecule has 1 fully saturated rings. The summed E-state index contributed by atoms with van der Waals surface area (Å²) >= 11 is 0. The molecule has 1 heterocycles. The Bertz CT molecular complexity index is 546. The highest BCUT2D eigenvalue weighted by Crippen LogP contribution is 2.15. The summed E-state index contributed by atoms with van der Waals surface area (Å²) in [5, 5.41) is 14.6. The van der Waals surface area contributed by atoms with Crippen LogP contribution in [0, 0.1) is 10.1 Å². The van der Waals surface area contributed by atoms with Crippen LogP contribution < -0.4 is 16.3 Å². The number of para-hydroxylation sites is 1. The van der Waals surface area contributed by atoms with Gasteiger partial charge in [-0.05, 0) is 19.4 Å². The van der Waals surface area contributed by atoms with Crippen molar-refractivity contribution in [3.8, 4) is 0 Å². The highest BCUT2D eigenvalue weighted by atomic mass is 16.6. The van der Waals surface area contributed by atoms with Crippen LogP contribution in [0.25, 0.3) is 0 Å². The second-order valence-electron chi connectivity index (χ2n) is 4.53. The van der Waals surface area contributed by atoms with Crippen molar-refractivity contribution in [1.29, 1.82) is 0 Å². The number of carbonyl (C=O) groups excluding carboxylic acids is 1. The van der Waals surface area contributed by atoms with E-state index in [4.69, 9.17) is 0 Å². The summed E-state index contributed by atoms with van der Waals surface area (Å²) in [4.78, 5) is 22.0. The van der Waals surface area contributed by atoms with Crippen LogP contribution >= 0.6 is 0 Å². The van der Waals surface area contributed by atoms with Gasteiger partial charge in [0.2, 0.25) is 0 Å². The van der Waals surface area contributed by atoms with Gasteiger partial charge in [-0.1, -0.05) is 12.1 Å². The average molecular weight is 277 g/mol. The molecule has 8 heteroatoms. The molecule has 1 amide bonds. The van der Waals surface area contributed by atoms with Crippen LogP contribution in [0.3, 0.4) is 0 Å². The van der Waals surface area contributed by atoms with Crippen molar-refractivity contribution in [1.82, 2.24) is 16.3 Å². The van der Waals surface area contributed by atoms with E-state index in [1.165, 1.54) is 12.3 Å². The van der Waals surface area contributed by atoms with Crippen LogP contribution in [0.2, 0.25) is 0 Å². The van der Waals surface area contributed by atoms with Gasteiger partial charge in [-0.3, -0.25) is 20.3 Å². The number of rotatable bonds is 4. The number of nitro groups is 1. The zero-order valence-corrected chi connectivity index (χ0v) is 10.9. The van der Waals surface area contributed by atoms with E-state index >= 15 is 0 Å². The third kappa shape index (κ3) is 3.37. The second-order valence-corrected chi connectivity index (χ2v) is 4.53. The smallest absolute Gasteiger partial charge is 0.271 e. The van der Waals surface area contributed by atoms with E-state index in [-0.39, 0.29) is 23.7 Å². The molecule has 2 rings (SSSR count). The van der Waals surface area contributed by atoms with E-state index in [0.717, 1.165) is 0 Å². The lowest BCUT2D eigenvalue weighted by molar-refractivity contribution is -0.385. The minimum absolute atomic E-state index is 0.0558. The monoisotopic (exact) mass is 277 g/mol. The number of nitro benzene ring substituents is 1. The molecule has 8 nitrogen and oxygen atoms in total. The first-order valence-electron chi connectivity index (χ1n) is 6.15. The van der Waals surface area contributed by atoms with Crippen LogP contribution in [-0.2, 0) is 4.79 Å². The number of hydrazine groups is 1. The maximum absolute atomic E-state index is 11.7. The lowest BCUT2D eigenvalue weighted by atomic mass is 10.1. The van der Waals surface area contributed by atoms with Gasteiger partial charge in [0.1, 0.15) is 6.04 Å². The number of benzene rings is 1. The van der Waals surface area contributed by atoms with Gasteiger partial charge >= 0.3 is 0 Å².